The van der Waals surface area contributed by atoms with Crippen molar-refractivity contribution in [3.63, 3.8) is 0 Å². The van der Waals surface area contributed by atoms with Gasteiger partial charge in [0.1, 0.15) is 16.5 Å². The minimum absolute atomic E-state index is 0.00288. The van der Waals surface area contributed by atoms with E-state index >= 15 is 0 Å². The van der Waals surface area contributed by atoms with Crippen molar-refractivity contribution in [1.82, 2.24) is 9.88 Å². The van der Waals surface area contributed by atoms with E-state index in [4.69, 9.17) is 11.6 Å². The zero-order valence-corrected chi connectivity index (χ0v) is 11.4. The molecule has 0 saturated heterocycles. The van der Waals surface area contributed by atoms with Crippen LogP contribution >= 0.6 is 11.6 Å². The second-order valence-electron chi connectivity index (χ2n) is 5.07. The van der Waals surface area contributed by atoms with Gasteiger partial charge in [0.2, 0.25) is 0 Å². The summed E-state index contributed by atoms with van der Waals surface area (Å²) in [5.41, 5.74) is -0.967. The van der Waals surface area contributed by atoms with Gasteiger partial charge in [-0.2, -0.15) is 5.26 Å². The van der Waals surface area contributed by atoms with Crippen molar-refractivity contribution in [1.29, 1.82) is 5.26 Å². The largest absolute Gasteiger partial charge is 0.317 e. The lowest BCUT2D eigenvalue weighted by atomic mass is 10.0. The molecule has 0 radical (unpaired) electrons. The van der Waals surface area contributed by atoms with Crippen LogP contribution in [0, 0.1) is 17.1 Å². The first-order valence-electron chi connectivity index (χ1n) is 5.93. The highest BCUT2D eigenvalue weighted by molar-refractivity contribution is 6.32. The van der Waals surface area contributed by atoms with E-state index < -0.39 is 17.3 Å². The first kappa shape index (κ1) is 13.8. The number of halogens is 2. The number of nitrogens with zero attached hydrogens (tertiary/aromatic N) is 3. The number of carbonyl (C=O) groups is 1. The average molecular weight is 282 g/mol. The van der Waals surface area contributed by atoms with Crippen LogP contribution in [0.1, 0.15) is 37.0 Å². The molecule has 1 aromatic rings. The van der Waals surface area contributed by atoms with Crippen LogP contribution < -0.4 is 0 Å². The van der Waals surface area contributed by atoms with Crippen molar-refractivity contribution < 1.29 is 9.18 Å². The Hall–Kier alpha value is -1.67. The van der Waals surface area contributed by atoms with Crippen LogP contribution in [0.4, 0.5) is 4.39 Å². The van der Waals surface area contributed by atoms with Crippen molar-refractivity contribution in [2.45, 2.75) is 38.3 Å². The maximum absolute atomic E-state index is 13.2. The van der Waals surface area contributed by atoms with Gasteiger partial charge in [0.25, 0.3) is 5.91 Å². The van der Waals surface area contributed by atoms with Crippen LogP contribution in [-0.2, 0) is 0 Å². The summed E-state index contributed by atoms with van der Waals surface area (Å²) in [7, 11) is 0. The quantitative estimate of drug-likeness (QED) is 0.801. The monoisotopic (exact) mass is 281 g/mol. The van der Waals surface area contributed by atoms with E-state index in [-0.39, 0.29) is 16.8 Å². The third-order valence-corrected chi connectivity index (χ3v) is 3.34. The predicted molar refractivity (Wildman–Crippen MR) is 68.1 cm³/mol. The molecule has 1 aliphatic carbocycles. The van der Waals surface area contributed by atoms with Crippen LogP contribution in [0.15, 0.2) is 12.3 Å². The summed E-state index contributed by atoms with van der Waals surface area (Å²) in [6.45, 7) is 3.31. The Morgan fingerprint density at radius 3 is 2.79 bits per heavy atom. The second kappa shape index (κ2) is 4.78. The fourth-order valence-electron chi connectivity index (χ4n) is 1.97. The zero-order chi connectivity index (χ0) is 14.2. The molecule has 0 N–H and O–H groups in total. The fourth-order valence-corrected chi connectivity index (χ4v) is 2.15. The predicted octanol–water partition coefficient (Wildman–Crippen LogP) is 2.78. The average Bonchev–Trinajstić information content (AvgIpc) is 3.16. The first-order chi connectivity index (χ1) is 8.86. The van der Waals surface area contributed by atoms with E-state index in [1.165, 1.54) is 4.90 Å². The molecule has 0 unspecified atom stereocenters. The van der Waals surface area contributed by atoms with Gasteiger partial charge < -0.3 is 4.90 Å². The van der Waals surface area contributed by atoms with Gasteiger partial charge in [-0.3, -0.25) is 4.79 Å². The lowest BCUT2D eigenvalue weighted by Crippen LogP contribution is -2.48. The third kappa shape index (κ3) is 2.69. The first-order valence-corrected chi connectivity index (χ1v) is 6.30. The molecule has 1 aromatic heterocycles. The van der Waals surface area contributed by atoms with E-state index in [1.807, 2.05) is 0 Å². The molecule has 0 spiro atoms. The van der Waals surface area contributed by atoms with Gasteiger partial charge >= 0.3 is 0 Å². The molecule has 100 valence electrons. The lowest BCUT2D eigenvalue weighted by molar-refractivity contribution is 0.0614. The third-order valence-electron chi connectivity index (χ3n) is 3.04. The van der Waals surface area contributed by atoms with Gasteiger partial charge in [0.15, 0.2) is 0 Å². The Morgan fingerprint density at radius 1 is 1.63 bits per heavy atom. The molecule has 4 nitrogen and oxygen atoms in total. The molecule has 0 aliphatic heterocycles. The highest BCUT2D eigenvalue weighted by Gasteiger charge is 2.42. The smallest absolute Gasteiger partial charge is 0.258 e. The molecule has 1 saturated carbocycles. The fraction of sp³-hybridized carbons (Fsp3) is 0.462. The van der Waals surface area contributed by atoms with Gasteiger partial charge in [-0.05, 0) is 32.8 Å². The van der Waals surface area contributed by atoms with Gasteiger partial charge in [0, 0.05) is 6.04 Å². The van der Waals surface area contributed by atoms with Crippen LogP contribution in [0.2, 0.25) is 5.15 Å². The minimum Gasteiger partial charge on any atom is -0.317 e. The van der Waals surface area contributed by atoms with Crippen molar-refractivity contribution in [2.75, 3.05) is 0 Å². The Labute approximate surface area is 115 Å². The molecule has 0 bridgehead atoms. The number of aromatic nitrogens is 1. The van der Waals surface area contributed by atoms with Crippen LogP contribution in [0.3, 0.4) is 0 Å². The molecule has 1 fully saturated rings. The number of nitriles is 1. The SMILES string of the molecule is CC(C)(C#N)N(C(=O)c1cc(F)cnc1Cl)C1CC1. The summed E-state index contributed by atoms with van der Waals surface area (Å²) in [6.07, 6.45) is 2.64. The maximum atomic E-state index is 13.2. The van der Waals surface area contributed by atoms with Crippen molar-refractivity contribution in [2.24, 2.45) is 0 Å². The summed E-state index contributed by atoms with van der Waals surface area (Å²) in [6, 6.07) is 3.17. The van der Waals surface area contributed by atoms with E-state index in [0.29, 0.717) is 0 Å². The standard InChI is InChI=1S/C13H13ClFN3O/c1-13(2,7-16)18(9-3-4-9)12(19)10-5-8(15)6-17-11(10)14/h5-6,9H,3-4H2,1-2H3. The van der Waals surface area contributed by atoms with Gasteiger partial charge in [-0.1, -0.05) is 11.6 Å². The molecule has 0 aromatic carbocycles. The molecule has 19 heavy (non-hydrogen) atoms. The lowest BCUT2D eigenvalue weighted by Gasteiger charge is -2.33. The number of carbonyl (C=O) groups excluding carboxylic acids is 1. The van der Waals surface area contributed by atoms with Crippen LogP contribution in [-0.4, -0.2) is 27.4 Å². The molecular weight excluding hydrogens is 269 g/mol. The van der Waals surface area contributed by atoms with E-state index in [9.17, 15) is 14.4 Å². The summed E-state index contributed by atoms with van der Waals surface area (Å²) >= 11 is 5.85. The minimum atomic E-state index is -0.964. The summed E-state index contributed by atoms with van der Waals surface area (Å²) < 4.78 is 13.2. The van der Waals surface area contributed by atoms with Gasteiger partial charge in [-0.15, -0.1) is 0 Å². The molecule has 0 atom stereocenters. The summed E-state index contributed by atoms with van der Waals surface area (Å²) in [5, 5.41) is 9.14. The van der Waals surface area contributed by atoms with Gasteiger partial charge in [-0.25, -0.2) is 9.37 Å². The van der Waals surface area contributed by atoms with Crippen molar-refractivity contribution >= 4 is 17.5 Å². The number of rotatable bonds is 3. The normalized spacial score (nSPS) is 14.9. The zero-order valence-electron chi connectivity index (χ0n) is 10.7. The molecule has 2 rings (SSSR count). The Balaban J connectivity index is 2.41. The van der Waals surface area contributed by atoms with E-state index in [1.54, 1.807) is 13.8 Å². The highest BCUT2D eigenvalue weighted by atomic mass is 35.5. The van der Waals surface area contributed by atoms with Crippen LogP contribution in [0.5, 0.6) is 0 Å². The Morgan fingerprint density at radius 2 is 2.26 bits per heavy atom. The maximum Gasteiger partial charge on any atom is 0.258 e. The van der Waals surface area contributed by atoms with E-state index in [0.717, 1.165) is 25.1 Å². The highest BCUT2D eigenvalue weighted by Crippen LogP contribution is 2.34. The molecular formula is C13H13ClFN3O. The molecule has 6 heteroatoms. The number of hydrogen-bond donors (Lipinski definition) is 0. The summed E-state index contributed by atoms with van der Waals surface area (Å²) in [5.74, 6) is -1.08. The van der Waals surface area contributed by atoms with E-state index in [2.05, 4.69) is 11.1 Å². The molecule has 1 amide bonds. The van der Waals surface area contributed by atoms with Gasteiger partial charge in [0.05, 0.1) is 17.8 Å². The van der Waals surface area contributed by atoms with Crippen molar-refractivity contribution in [3.8, 4) is 6.07 Å². The second-order valence-corrected chi connectivity index (χ2v) is 5.43. The molecule has 1 aliphatic rings. The summed E-state index contributed by atoms with van der Waals surface area (Å²) in [4.78, 5) is 17.6. The Bertz CT molecular complexity index is 563. The van der Waals surface area contributed by atoms with Crippen molar-refractivity contribution in [3.05, 3.63) is 28.8 Å². The van der Waals surface area contributed by atoms with Crippen LogP contribution in [0.25, 0.3) is 0 Å². The molecule has 1 heterocycles. The number of pyridine rings is 1. The topological polar surface area (TPSA) is 57.0 Å². The Kier molecular flexibility index (Phi) is 3.46. The number of hydrogen-bond acceptors (Lipinski definition) is 3. The number of amides is 1.